The molecule has 0 atom stereocenters. The van der Waals surface area contributed by atoms with E-state index in [1.807, 2.05) is 0 Å². The Hall–Kier alpha value is 0.160. The number of hydrogen-bond donors (Lipinski definition) is 2. The van der Waals surface area contributed by atoms with E-state index in [-0.39, 0.29) is 5.75 Å². The highest BCUT2D eigenvalue weighted by molar-refractivity contribution is 7.89. The summed E-state index contributed by atoms with van der Waals surface area (Å²) < 4.78 is 25.6. The van der Waals surface area contributed by atoms with E-state index < -0.39 is 21.2 Å². The monoisotopic (exact) mass is 257 g/mol. The molecule has 0 radical (unpaired) electrons. The maximum atomic E-state index is 11.6. The first-order valence-electron chi connectivity index (χ1n) is 4.82. The van der Waals surface area contributed by atoms with Crippen molar-refractivity contribution in [1.29, 1.82) is 0 Å². The Kier molecular flexibility index (Phi) is 5.05. The van der Waals surface area contributed by atoms with E-state index in [2.05, 4.69) is 4.72 Å². The van der Waals surface area contributed by atoms with Crippen molar-refractivity contribution >= 4 is 21.6 Å². The SMILES string of the molecule is CC(C)(O)C(C)(C)NS(=O)(=O)CCCCl. The van der Waals surface area contributed by atoms with Gasteiger partial charge in [0.1, 0.15) is 0 Å². The molecule has 0 unspecified atom stereocenters. The van der Waals surface area contributed by atoms with Crippen LogP contribution in [0.1, 0.15) is 34.1 Å². The number of sulfonamides is 1. The van der Waals surface area contributed by atoms with Gasteiger partial charge in [-0.2, -0.15) is 0 Å². The average Bonchev–Trinajstić information content (AvgIpc) is 1.96. The topological polar surface area (TPSA) is 66.4 Å². The Balaban J connectivity index is 4.59. The summed E-state index contributed by atoms with van der Waals surface area (Å²) >= 11 is 5.43. The van der Waals surface area contributed by atoms with Crippen molar-refractivity contribution < 1.29 is 13.5 Å². The summed E-state index contributed by atoms with van der Waals surface area (Å²) in [4.78, 5) is 0. The summed E-state index contributed by atoms with van der Waals surface area (Å²) in [5.74, 6) is 0.292. The van der Waals surface area contributed by atoms with Crippen molar-refractivity contribution in [3.8, 4) is 0 Å². The van der Waals surface area contributed by atoms with E-state index in [1.165, 1.54) is 0 Å². The van der Waals surface area contributed by atoms with Crippen LogP contribution in [0.5, 0.6) is 0 Å². The third-order valence-electron chi connectivity index (χ3n) is 2.49. The molecule has 0 aromatic rings. The van der Waals surface area contributed by atoms with Gasteiger partial charge in [0.2, 0.25) is 10.0 Å². The number of rotatable bonds is 6. The Morgan fingerprint density at radius 3 is 2.07 bits per heavy atom. The molecule has 0 aliphatic rings. The molecule has 0 fully saturated rings. The van der Waals surface area contributed by atoms with Crippen LogP contribution in [-0.4, -0.2) is 36.3 Å². The second kappa shape index (κ2) is 4.99. The van der Waals surface area contributed by atoms with Crippen molar-refractivity contribution in [2.75, 3.05) is 11.6 Å². The van der Waals surface area contributed by atoms with Gasteiger partial charge in [0.25, 0.3) is 0 Å². The van der Waals surface area contributed by atoms with Crippen LogP contribution in [-0.2, 0) is 10.0 Å². The largest absolute Gasteiger partial charge is 0.389 e. The highest BCUT2D eigenvalue weighted by Gasteiger charge is 2.38. The first-order chi connectivity index (χ1) is 6.52. The molecule has 0 amide bonds. The maximum Gasteiger partial charge on any atom is 0.212 e. The summed E-state index contributed by atoms with van der Waals surface area (Å²) in [5.41, 5.74) is -2.03. The van der Waals surface area contributed by atoms with Gasteiger partial charge < -0.3 is 5.11 Å². The van der Waals surface area contributed by atoms with Gasteiger partial charge in [-0.3, -0.25) is 0 Å². The molecule has 0 aromatic heterocycles. The second-order valence-electron chi connectivity index (χ2n) is 4.65. The lowest BCUT2D eigenvalue weighted by Crippen LogP contribution is -2.58. The van der Waals surface area contributed by atoms with Crippen molar-refractivity contribution in [3.63, 3.8) is 0 Å². The zero-order chi connectivity index (χ0) is 12.3. The van der Waals surface area contributed by atoms with E-state index in [0.717, 1.165) is 0 Å². The van der Waals surface area contributed by atoms with Gasteiger partial charge in [0, 0.05) is 5.88 Å². The minimum Gasteiger partial charge on any atom is -0.389 e. The van der Waals surface area contributed by atoms with Gasteiger partial charge in [0.05, 0.1) is 16.9 Å². The van der Waals surface area contributed by atoms with Crippen LogP contribution in [0.3, 0.4) is 0 Å². The van der Waals surface area contributed by atoms with E-state index >= 15 is 0 Å². The summed E-state index contributed by atoms with van der Waals surface area (Å²) in [6.45, 7) is 6.42. The molecule has 0 aliphatic heterocycles. The Morgan fingerprint density at radius 2 is 1.73 bits per heavy atom. The van der Waals surface area contributed by atoms with Gasteiger partial charge >= 0.3 is 0 Å². The maximum absolute atomic E-state index is 11.6. The lowest BCUT2D eigenvalue weighted by Gasteiger charge is -2.37. The summed E-state index contributed by atoms with van der Waals surface area (Å²) in [5, 5.41) is 9.78. The molecule has 0 spiro atoms. The molecular weight excluding hydrogens is 238 g/mol. The Labute approximate surface area is 97.1 Å². The molecule has 0 rings (SSSR count). The molecule has 4 nitrogen and oxygen atoms in total. The number of hydrogen-bond acceptors (Lipinski definition) is 3. The van der Waals surface area contributed by atoms with E-state index in [4.69, 9.17) is 11.6 Å². The quantitative estimate of drug-likeness (QED) is 0.700. The third kappa shape index (κ3) is 5.15. The van der Waals surface area contributed by atoms with Crippen LogP contribution in [0.15, 0.2) is 0 Å². The van der Waals surface area contributed by atoms with Gasteiger partial charge in [-0.05, 0) is 34.1 Å². The van der Waals surface area contributed by atoms with Crippen LogP contribution in [0, 0.1) is 0 Å². The van der Waals surface area contributed by atoms with E-state index in [0.29, 0.717) is 12.3 Å². The van der Waals surface area contributed by atoms with Gasteiger partial charge in [-0.25, -0.2) is 13.1 Å². The Bertz CT molecular complexity index is 293. The minimum atomic E-state index is -3.38. The molecule has 6 heteroatoms. The fourth-order valence-electron chi connectivity index (χ4n) is 0.809. The predicted molar refractivity (Wildman–Crippen MR) is 62.6 cm³/mol. The van der Waals surface area contributed by atoms with Crippen molar-refractivity contribution in [3.05, 3.63) is 0 Å². The van der Waals surface area contributed by atoms with Crippen LogP contribution in [0.4, 0.5) is 0 Å². The second-order valence-corrected chi connectivity index (χ2v) is 6.87. The normalized spacial score (nSPS) is 14.3. The van der Waals surface area contributed by atoms with Crippen LogP contribution in [0.25, 0.3) is 0 Å². The zero-order valence-corrected chi connectivity index (χ0v) is 11.2. The minimum absolute atomic E-state index is 0.0178. The zero-order valence-electron chi connectivity index (χ0n) is 9.67. The Morgan fingerprint density at radius 1 is 1.27 bits per heavy atom. The third-order valence-corrected chi connectivity index (χ3v) is 4.40. The first-order valence-corrected chi connectivity index (χ1v) is 7.00. The van der Waals surface area contributed by atoms with Gasteiger partial charge in [-0.15, -0.1) is 11.6 Å². The summed E-state index contributed by atoms with van der Waals surface area (Å²) in [6, 6.07) is 0. The number of nitrogens with one attached hydrogen (secondary N) is 1. The number of halogens is 1. The molecule has 0 bridgehead atoms. The number of alkyl halides is 1. The molecule has 0 aromatic carbocycles. The predicted octanol–water partition coefficient (Wildman–Crippen LogP) is 1.08. The lowest BCUT2D eigenvalue weighted by molar-refractivity contribution is 0.00639. The van der Waals surface area contributed by atoms with E-state index in [1.54, 1.807) is 27.7 Å². The van der Waals surface area contributed by atoms with Crippen LogP contribution >= 0.6 is 11.6 Å². The van der Waals surface area contributed by atoms with E-state index in [9.17, 15) is 13.5 Å². The van der Waals surface area contributed by atoms with Crippen molar-refractivity contribution in [2.45, 2.75) is 45.3 Å². The molecule has 0 saturated heterocycles. The molecule has 0 heterocycles. The van der Waals surface area contributed by atoms with Crippen LogP contribution in [0.2, 0.25) is 0 Å². The molecule has 0 aliphatic carbocycles. The van der Waals surface area contributed by atoms with Crippen molar-refractivity contribution in [1.82, 2.24) is 4.72 Å². The highest BCUT2D eigenvalue weighted by Crippen LogP contribution is 2.21. The van der Waals surface area contributed by atoms with Crippen molar-refractivity contribution in [2.24, 2.45) is 0 Å². The molecule has 92 valence electrons. The first kappa shape index (κ1) is 15.2. The van der Waals surface area contributed by atoms with Gasteiger partial charge in [0.15, 0.2) is 0 Å². The molecule has 2 N–H and O–H groups in total. The van der Waals surface area contributed by atoms with Crippen LogP contribution < -0.4 is 4.72 Å². The van der Waals surface area contributed by atoms with Gasteiger partial charge in [-0.1, -0.05) is 0 Å². The molecular formula is C9H20ClNO3S. The summed E-state index contributed by atoms with van der Waals surface area (Å²) in [6.07, 6.45) is 0.402. The lowest BCUT2D eigenvalue weighted by atomic mass is 9.87. The highest BCUT2D eigenvalue weighted by atomic mass is 35.5. The fourth-order valence-corrected chi connectivity index (χ4v) is 2.76. The standard InChI is InChI=1S/C9H20ClNO3S/c1-8(2,9(3,4)12)11-15(13,14)7-5-6-10/h11-12H,5-7H2,1-4H3. The summed E-state index contributed by atoms with van der Waals surface area (Å²) in [7, 11) is -3.38. The average molecular weight is 258 g/mol. The fraction of sp³-hybridized carbons (Fsp3) is 1.00. The smallest absolute Gasteiger partial charge is 0.212 e. The molecule has 15 heavy (non-hydrogen) atoms. The molecule has 0 saturated carbocycles. The number of aliphatic hydroxyl groups is 1.